The fraction of sp³-hybridized carbons (Fsp3) is 0.357. The van der Waals surface area contributed by atoms with Gasteiger partial charge >= 0.3 is 0 Å². The second kappa shape index (κ2) is 6.52. The molecule has 1 atom stereocenters. The number of aryl methyl sites for hydroxylation is 2. The molecule has 1 aromatic heterocycles. The molecular weight excluding hydrogens is 363 g/mol. The number of nitrogens with zero attached hydrogens (tertiary/aromatic N) is 1. The summed E-state index contributed by atoms with van der Waals surface area (Å²) in [6.07, 6.45) is 0. The summed E-state index contributed by atoms with van der Waals surface area (Å²) in [7, 11) is 0. The van der Waals surface area contributed by atoms with E-state index in [1.54, 1.807) is 23.5 Å². The van der Waals surface area contributed by atoms with Crippen LogP contribution in [0.2, 0.25) is 5.02 Å². The Morgan fingerprint density at radius 1 is 1.45 bits per heavy atom. The Labute approximate surface area is 135 Å². The summed E-state index contributed by atoms with van der Waals surface area (Å²) in [6.45, 7) is 6.62. The normalized spacial score (nSPS) is 12.7. The van der Waals surface area contributed by atoms with E-state index in [1.807, 2.05) is 20.8 Å². The molecule has 2 rings (SSSR count). The molecule has 0 aliphatic heterocycles. The van der Waals surface area contributed by atoms with Crippen LogP contribution < -0.4 is 5.32 Å². The van der Waals surface area contributed by atoms with Gasteiger partial charge < -0.3 is 5.32 Å². The van der Waals surface area contributed by atoms with Crippen LogP contribution in [0.15, 0.2) is 16.6 Å². The minimum atomic E-state index is -0.391. The molecule has 6 heteroatoms. The molecule has 0 aliphatic rings. The van der Waals surface area contributed by atoms with Gasteiger partial charge in [-0.3, -0.25) is 0 Å². The predicted molar refractivity (Wildman–Crippen MR) is 86.2 cm³/mol. The molecule has 1 N–H and O–H groups in total. The van der Waals surface area contributed by atoms with Gasteiger partial charge in [0.2, 0.25) is 0 Å². The minimum absolute atomic E-state index is 0.115. The zero-order valence-corrected chi connectivity index (χ0v) is 14.6. The molecule has 2 aromatic rings. The van der Waals surface area contributed by atoms with Gasteiger partial charge in [-0.05, 0) is 42.4 Å². The fourth-order valence-corrected chi connectivity index (χ4v) is 3.63. The van der Waals surface area contributed by atoms with E-state index in [4.69, 9.17) is 11.6 Å². The SMILES string of the molecule is CCNC(c1ccc(Br)c(Cl)c1F)c1sc(C)nc1C. The number of halogens is 3. The molecule has 20 heavy (non-hydrogen) atoms. The van der Waals surface area contributed by atoms with Gasteiger partial charge in [-0.25, -0.2) is 9.37 Å². The second-order valence-corrected chi connectivity index (χ2v) is 6.90. The largest absolute Gasteiger partial charge is 0.306 e. The van der Waals surface area contributed by atoms with Crippen LogP contribution in [0.3, 0.4) is 0 Å². The summed E-state index contributed by atoms with van der Waals surface area (Å²) in [5, 5.41) is 4.40. The molecule has 0 aliphatic carbocycles. The standard InChI is InChI=1S/C14H15BrClFN2S/c1-4-18-13(14-7(2)19-8(3)20-14)9-5-6-10(15)11(16)12(9)17/h5-6,13,18H,4H2,1-3H3. The van der Waals surface area contributed by atoms with E-state index in [2.05, 4.69) is 26.2 Å². The smallest absolute Gasteiger partial charge is 0.148 e. The Morgan fingerprint density at radius 2 is 2.15 bits per heavy atom. The lowest BCUT2D eigenvalue weighted by Gasteiger charge is -2.19. The lowest BCUT2D eigenvalue weighted by molar-refractivity contribution is 0.561. The Kier molecular flexibility index (Phi) is 5.18. The minimum Gasteiger partial charge on any atom is -0.306 e. The lowest BCUT2D eigenvalue weighted by Crippen LogP contribution is -2.23. The highest BCUT2D eigenvalue weighted by molar-refractivity contribution is 9.10. The van der Waals surface area contributed by atoms with Crippen molar-refractivity contribution < 1.29 is 4.39 Å². The van der Waals surface area contributed by atoms with Crippen LogP contribution in [0.5, 0.6) is 0 Å². The van der Waals surface area contributed by atoms with Crippen molar-refractivity contribution in [2.24, 2.45) is 0 Å². The van der Waals surface area contributed by atoms with E-state index >= 15 is 0 Å². The third-order valence-corrected chi connectivity index (χ3v) is 5.38. The number of thiazole rings is 1. The van der Waals surface area contributed by atoms with Crippen molar-refractivity contribution in [2.45, 2.75) is 26.8 Å². The molecule has 1 aromatic carbocycles. The summed E-state index contributed by atoms with van der Waals surface area (Å²) in [4.78, 5) is 5.45. The fourth-order valence-electron chi connectivity index (χ4n) is 2.13. The quantitative estimate of drug-likeness (QED) is 0.757. The number of nitrogens with one attached hydrogen (secondary N) is 1. The maximum absolute atomic E-state index is 14.4. The van der Waals surface area contributed by atoms with Crippen LogP contribution in [0.25, 0.3) is 0 Å². The molecule has 2 nitrogen and oxygen atoms in total. The molecule has 0 amide bonds. The van der Waals surface area contributed by atoms with Crippen LogP contribution in [0.4, 0.5) is 4.39 Å². The maximum atomic E-state index is 14.4. The van der Waals surface area contributed by atoms with Gasteiger partial charge in [0.05, 0.1) is 21.8 Å². The number of hydrogen-bond acceptors (Lipinski definition) is 3. The van der Waals surface area contributed by atoms with Crippen molar-refractivity contribution in [1.82, 2.24) is 10.3 Å². The highest BCUT2D eigenvalue weighted by atomic mass is 79.9. The van der Waals surface area contributed by atoms with Crippen LogP contribution in [0.1, 0.15) is 34.1 Å². The Bertz CT molecular complexity index is 630. The van der Waals surface area contributed by atoms with E-state index in [9.17, 15) is 4.39 Å². The molecule has 108 valence electrons. The molecule has 0 radical (unpaired) electrons. The summed E-state index contributed by atoms with van der Waals surface area (Å²) < 4.78 is 15.0. The van der Waals surface area contributed by atoms with Gasteiger partial charge in [0, 0.05) is 14.9 Å². The van der Waals surface area contributed by atoms with Crippen molar-refractivity contribution in [3.05, 3.63) is 48.6 Å². The molecular formula is C14H15BrClFN2S. The van der Waals surface area contributed by atoms with Gasteiger partial charge in [0.1, 0.15) is 5.82 Å². The van der Waals surface area contributed by atoms with E-state index in [1.165, 1.54) is 0 Å². The first-order chi connectivity index (χ1) is 9.45. The van der Waals surface area contributed by atoms with Gasteiger partial charge in [0.25, 0.3) is 0 Å². The van der Waals surface area contributed by atoms with Crippen LogP contribution >= 0.6 is 38.9 Å². The van der Waals surface area contributed by atoms with E-state index < -0.39 is 5.82 Å². The van der Waals surface area contributed by atoms with Gasteiger partial charge in [0.15, 0.2) is 0 Å². The topological polar surface area (TPSA) is 24.9 Å². The molecule has 0 fully saturated rings. The van der Waals surface area contributed by atoms with Crippen LogP contribution in [-0.4, -0.2) is 11.5 Å². The summed E-state index contributed by atoms with van der Waals surface area (Å²) >= 11 is 10.8. The van der Waals surface area contributed by atoms with Gasteiger partial charge in [-0.1, -0.05) is 24.6 Å². The van der Waals surface area contributed by atoms with Crippen molar-refractivity contribution in [1.29, 1.82) is 0 Å². The summed E-state index contributed by atoms with van der Waals surface area (Å²) in [5.41, 5.74) is 1.48. The lowest BCUT2D eigenvalue weighted by atomic mass is 10.0. The molecule has 0 saturated heterocycles. The van der Waals surface area contributed by atoms with Crippen molar-refractivity contribution in [2.75, 3.05) is 6.54 Å². The first-order valence-electron chi connectivity index (χ1n) is 6.26. The number of hydrogen-bond donors (Lipinski definition) is 1. The summed E-state index contributed by atoms with van der Waals surface area (Å²) in [5.74, 6) is -0.391. The van der Waals surface area contributed by atoms with Crippen molar-refractivity contribution in [3.63, 3.8) is 0 Å². The first kappa shape index (κ1) is 15.9. The second-order valence-electron chi connectivity index (χ2n) is 4.44. The van der Waals surface area contributed by atoms with Crippen LogP contribution in [-0.2, 0) is 0 Å². The third kappa shape index (κ3) is 3.06. The zero-order valence-electron chi connectivity index (χ0n) is 11.4. The average molecular weight is 378 g/mol. The zero-order chi connectivity index (χ0) is 14.9. The molecule has 0 spiro atoms. The molecule has 0 bridgehead atoms. The number of benzene rings is 1. The highest BCUT2D eigenvalue weighted by Gasteiger charge is 2.23. The van der Waals surface area contributed by atoms with E-state index in [0.717, 1.165) is 22.1 Å². The molecule has 1 unspecified atom stereocenters. The predicted octanol–water partition coefficient (Wildman–Crippen LogP) is 5.01. The average Bonchev–Trinajstić information content (AvgIpc) is 2.73. The van der Waals surface area contributed by atoms with E-state index in [-0.39, 0.29) is 11.1 Å². The first-order valence-corrected chi connectivity index (χ1v) is 8.25. The highest BCUT2D eigenvalue weighted by Crippen LogP contribution is 2.35. The molecule has 0 saturated carbocycles. The maximum Gasteiger partial charge on any atom is 0.148 e. The Hall–Kier alpha value is -0.490. The Balaban J connectivity index is 2.54. The monoisotopic (exact) mass is 376 g/mol. The van der Waals surface area contributed by atoms with Crippen molar-refractivity contribution in [3.8, 4) is 0 Å². The van der Waals surface area contributed by atoms with Crippen LogP contribution in [0, 0.1) is 19.7 Å². The number of aromatic nitrogens is 1. The Morgan fingerprint density at radius 3 is 2.70 bits per heavy atom. The number of rotatable bonds is 4. The van der Waals surface area contributed by atoms with Gasteiger partial charge in [-0.15, -0.1) is 11.3 Å². The van der Waals surface area contributed by atoms with Crippen molar-refractivity contribution >= 4 is 38.9 Å². The van der Waals surface area contributed by atoms with Gasteiger partial charge in [-0.2, -0.15) is 0 Å². The summed E-state index contributed by atoms with van der Waals surface area (Å²) in [6, 6.07) is 3.30. The third-order valence-electron chi connectivity index (χ3n) is 2.99. The molecule has 1 heterocycles. The van der Waals surface area contributed by atoms with E-state index in [0.29, 0.717) is 10.0 Å².